The lowest BCUT2D eigenvalue weighted by molar-refractivity contribution is 0.0467. The van der Waals surface area contributed by atoms with Crippen LogP contribution in [-0.2, 0) is 0 Å². The molecule has 0 atom stereocenters. The van der Waals surface area contributed by atoms with Crippen molar-refractivity contribution in [2.45, 2.75) is 19.4 Å². The minimum atomic E-state index is -1.68. The molecule has 6 heteroatoms. The summed E-state index contributed by atoms with van der Waals surface area (Å²) in [7, 11) is 1.35. The summed E-state index contributed by atoms with van der Waals surface area (Å²) in [4.78, 5) is 13.0. The zero-order valence-corrected chi connectivity index (χ0v) is 10.3. The van der Waals surface area contributed by atoms with Crippen molar-refractivity contribution in [3.05, 3.63) is 35.1 Å². The zero-order valence-electron chi connectivity index (χ0n) is 10.3. The Hall–Kier alpha value is -1.56. The molecule has 1 amide bonds. The molecule has 0 aliphatic rings. The van der Waals surface area contributed by atoms with Crippen molar-refractivity contribution in [2.24, 2.45) is 0 Å². The summed E-state index contributed by atoms with van der Waals surface area (Å²) in [6, 6.07) is 1.56. The van der Waals surface area contributed by atoms with Crippen molar-refractivity contribution in [3.8, 4) is 0 Å². The van der Waals surface area contributed by atoms with E-state index in [1.807, 2.05) is 0 Å². The minimum Gasteiger partial charge on any atom is -0.394 e. The van der Waals surface area contributed by atoms with Crippen LogP contribution in [0.2, 0.25) is 0 Å². The summed E-state index contributed by atoms with van der Waals surface area (Å²) in [5, 5.41) is 9.11. The predicted molar refractivity (Wildman–Crippen MR) is 59.6 cm³/mol. The lowest BCUT2D eigenvalue weighted by Gasteiger charge is -2.34. The van der Waals surface area contributed by atoms with E-state index < -0.39 is 34.5 Å². The number of benzene rings is 1. The van der Waals surface area contributed by atoms with Crippen LogP contribution >= 0.6 is 0 Å². The van der Waals surface area contributed by atoms with Crippen LogP contribution in [0.3, 0.4) is 0 Å². The van der Waals surface area contributed by atoms with Crippen LogP contribution in [0.4, 0.5) is 13.2 Å². The highest BCUT2D eigenvalue weighted by Crippen LogP contribution is 2.20. The molecule has 1 N–H and O–H groups in total. The minimum absolute atomic E-state index is 0.347. The molecule has 0 heterocycles. The van der Waals surface area contributed by atoms with Crippen LogP contribution in [0, 0.1) is 17.5 Å². The van der Waals surface area contributed by atoms with E-state index in [1.165, 1.54) is 7.05 Å². The summed E-state index contributed by atoms with van der Waals surface area (Å²) in [6.45, 7) is 2.77. The Balaban J connectivity index is 3.17. The van der Waals surface area contributed by atoms with Gasteiger partial charge in [0.2, 0.25) is 0 Å². The van der Waals surface area contributed by atoms with E-state index in [2.05, 4.69) is 0 Å². The van der Waals surface area contributed by atoms with Crippen LogP contribution < -0.4 is 0 Å². The number of hydrogen-bond donors (Lipinski definition) is 1. The van der Waals surface area contributed by atoms with Gasteiger partial charge in [-0.15, -0.1) is 0 Å². The number of likely N-dealkylation sites (N-methyl/N-ethyl adjacent to an activating group) is 1. The van der Waals surface area contributed by atoms with Gasteiger partial charge < -0.3 is 10.0 Å². The zero-order chi connectivity index (χ0) is 14.1. The Bertz CT molecular complexity index is 475. The summed E-state index contributed by atoms with van der Waals surface area (Å²) in [5.74, 6) is -5.39. The van der Waals surface area contributed by atoms with E-state index in [0.717, 1.165) is 11.0 Å². The molecule has 0 bridgehead atoms. The Kier molecular flexibility index (Phi) is 4.01. The SMILES string of the molecule is CN(C(=O)c1ccc(F)c(F)c1F)C(C)(C)CO. The van der Waals surface area contributed by atoms with Crippen LogP contribution in [0.1, 0.15) is 24.2 Å². The third-order valence-electron chi connectivity index (χ3n) is 2.87. The number of carbonyl (C=O) groups is 1. The predicted octanol–water partition coefficient (Wildman–Crippen LogP) is 1.95. The van der Waals surface area contributed by atoms with Gasteiger partial charge in [0.1, 0.15) is 0 Å². The smallest absolute Gasteiger partial charge is 0.257 e. The largest absolute Gasteiger partial charge is 0.394 e. The molecule has 0 radical (unpaired) electrons. The fourth-order valence-electron chi connectivity index (χ4n) is 1.25. The maximum absolute atomic E-state index is 13.4. The van der Waals surface area contributed by atoms with Gasteiger partial charge in [-0.05, 0) is 26.0 Å². The first-order valence-corrected chi connectivity index (χ1v) is 5.25. The van der Waals surface area contributed by atoms with Crippen molar-refractivity contribution >= 4 is 5.91 Å². The number of hydrogen-bond acceptors (Lipinski definition) is 2. The molecule has 0 aliphatic carbocycles. The van der Waals surface area contributed by atoms with Crippen LogP contribution in [-0.4, -0.2) is 35.1 Å². The lowest BCUT2D eigenvalue weighted by atomic mass is 10.0. The molecule has 1 aromatic rings. The second-order valence-electron chi connectivity index (χ2n) is 4.56. The lowest BCUT2D eigenvalue weighted by Crippen LogP contribution is -2.47. The molecule has 3 nitrogen and oxygen atoms in total. The molecule has 0 saturated heterocycles. The van der Waals surface area contributed by atoms with E-state index in [9.17, 15) is 18.0 Å². The first kappa shape index (κ1) is 14.5. The summed E-state index contributed by atoms with van der Waals surface area (Å²) >= 11 is 0. The molecule has 1 rings (SSSR count). The average Bonchev–Trinajstić information content (AvgIpc) is 2.34. The molecule has 0 unspecified atom stereocenters. The third kappa shape index (κ3) is 2.48. The maximum atomic E-state index is 13.4. The highest BCUT2D eigenvalue weighted by Gasteiger charge is 2.30. The van der Waals surface area contributed by atoms with Gasteiger partial charge in [0, 0.05) is 7.05 Å². The molecule has 0 fully saturated rings. The fraction of sp³-hybridized carbons (Fsp3) is 0.417. The van der Waals surface area contributed by atoms with E-state index >= 15 is 0 Å². The molecular formula is C12H14F3NO2. The standard InChI is InChI=1S/C12H14F3NO2/c1-12(2,6-17)16(3)11(18)7-4-5-8(13)10(15)9(7)14/h4-5,17H,6H2,1-3H3. The molecule has 1 aromatic carbocycles. The van der Waals surface area contributed by atoms with Crippen LogP contribution in [0.5, 0.6) is 0 Å². The van der Waals surface area contributed by atoms with E-state index in [-0.39, 0.29) is 6.61 Å². The van der Waals surface area contributed by atoms with Crippen molar-refractivity contribution in [1.29, 1.82) is 0 Å². The number of carbonyl (C=O) groups excluding carboxylic acids is 1. The van der Waals surface area contributed by atoms with Gasteiger partial charge in [-0.25, -0.2) is 13.2 Å². The van der Waals surface area contributed by atoms with Crippen molar-refractivity contribution < 1.29 is 23.1 Å². The highest BCUT2D eigenvalue weighted by atomic mass is 19.2. The Morgan fingerprint density at radius 3 is 2.33 bits per heavy atom. The second-order valence-corrected chi connectivity index (χ2v) is 4.56. The summed E-state index contributed by atoms with van der Waals surface area (Å²) in [6.07, 6.45) is 0. The molecule has 18 heavy (non-hydrogen) atoms. The number of nitrogens with zero attached hydrogens (tertiary/aromatic N) is 1. The maximum Gasteiger partial charge on any atom is 0.257 e. The molecule has 0 aliphatic heterocycles. The number of amides is 1. The number of aliphatic hydroxyl groups is 1. The Morgan fingerprint density at radius 1 is 1.28 bits per heavy atom. The monoisotopic (exact) mass is 261 g/mol. The molecular weight excluding hydrogens is 247 g/mol. The Labute approximate surface area is 103 Å². The van der Waals surface area contributed by atoms with Gasteiger partial charge >= 0.3 is 0 Å². The summed E-state index contributed by atoms with van der Waals surface area (Å²) < 4.78 is 39.2. The van der Waals surface area contributed by atoms with Gasteiger partial charge in [0.25, 0.3) is 5.91 Å². The van der Waals surface area contributed by atoms with Gasteiger partial charge in [0.15, 0.2) is 17.5 Å². The first-order valence-electron chi connectivity index (χ1n) is 5.25. The molecule has 100 valence electrons. The normalized spacial score (nSPS) is 11.5. The van der Waals surface area contributed by atoms with E-state index in [0.29, 0.717) is 6.07 Å². The second kappa shape index (κ2) is 4.97. The van der Waals surface area contributed by atoms with Crippen LogP contribution in [0.25, 0.3) is 0 Å². The Morgan fingerprint density at radius 2 is 1.83 bits per heavy atom. The fourth-order valence-corrected chi connectivity index (χ4v) is 1.25. The van der Waals surface area contributed by atoms with Crippen LogP contribution in [0.15, 0.2) is 12.1 Å². The van der Waals surface area contributed by atoms with Gasteiger partial charge in [-0.3, -0.25) is 4.79 Å². The average molecular weight is 261 g/mol. The topological polar surface area (TPSA) is 40.5 Å². The van der Waals surface area contributed by atoms with Gasteiger partial charge in [-0.1, -0.05) is 0 Å². The van der Waals surface area contributed by atoms with Crippen molar-refractivity contribution in [1.82, 2.24) is 4.90 Å². The van der Waals surface area contributed by atoms with Crippen molar-refractivity contribution in [3.63, 3.8) is 0 Å². The molecule has 0 saturated carbocycles. The van der Waals surface area contributed by atoms with E-state index in [4.69, 9.17) is 5.11 Å². The number of halogens is 3. The first-order chi connectivity index (χ1) is 8.22. The quantitative estimate of drug-likeness (QED) is 0.845. The third-order valence-corrected chi connectivity index (χ3v) is 2.87. The number of rotatable bonds is 3. The highest BCUT2D eigenvalue weighted by molar-refractivity contribution is 5.94. The van der Waals surface area contributed by atoms with E-state index in [1.54, 1.807) is 13.8 Å². The van der Waals surface area contributed by atoms with Gasteiger partial charge in [0.05, 0.1) is 17.7 Å². The number of aliphatic hydroxyl groups excluding tert-OH is 1. The van der Waals surface area contributed by atoms with Crippen molar-refractivity contribution in [2.75, 3.05) is 13.7 Å². The summed E-state index contributed by atoms with van der Waals surface area (Å²) in [5.41, 5.74) is -1.51. The van der Waals surface area contributed by atoms with Gasteiger partial charge in [-0.2, -0.15) is 0 Å². The molecule has 0 spiro atoms. The molecule has 0 aromatic heterocycles.